The van der Waals surface area contributed by atoms with Crippen molar-refractivity contribution < 1.29 is 19.7 Å². The number of rotatable bonds is 1. The van der Waals surface area contributed by atoms with Gasteiger partial charge in [0.05, 0.1) is 19.3 Å². The van der Waals surface area contributed by atoms with Crippen LogP contribution in [0.2, 0.25) is 0 Å². The van der Waals surface area contributed by atoms with Crippen molar-refractivity contribution in [2.24, 2.45) is 0 Å². The molecule has 2 N–H and O–H groups in total. The Morgan fingerprint density at radius 2 is 2.06 bits per heavy atom. The Labute approximate surface area is 99.8 Å². The highest BCUT2D eigenvalue weighted by Gasteiger charge is 2.48. The molecule has 0 bridgehead atoms. The third-order valence-electron chi connectivity index (χ3n) is 3.56. The van der Waals surface area contributed by atoms with Gasteiger partial charge >= 0.3 is 0 Å². The second-order valence-corrected chi connectivity index (χ2v) is 4.76. The summed E-state index contributed by atoms with van der Waals surface area (Å²) in [6, 6.07) is 8.08. The van der Waals surface area contributed by atoms with E-state index in [-0.39, 0.29) is 6.61 Å². The molecule has 2 heterocycles. The predicted molar refractivity (Wildman–Crippen MR) is 60.2 cm³/mol. The van der Waals surface area contributed by atoms with E-state index in [1.54, 1.807) is 0 Å². The van der Waals surface area contributed by atoms with Crippen LogP contribution < -0.4 is 0 Å². The molecule has 0 aromatic heterocycles. The van der Waals surface area contributed by atoms with Crippen LogP contribution in [0.4, 0.5) is 0 Å². The molecular weight excluding hydrogens is 220 g/mol. The second-order valence-electron chi connectivity index (χ2n) is 4.76. The Morgan fingerprint density at radius 3 is 2.76 bits per heavy atom. The zero-order chi connectivity index (χ0) is 11.9. The molecule has 0 saturated carbocycles. The van der Waals surface area contributed by atoms with Gasteiger partial charge < -0.3 is 19.7 Å². The quantitative estimate of drug-likeness (QED) is 0.749. The first-order chi connectivity index (χ1) is 8.22. The van der Waals surface area contributed by atoms with Gasteiger partial charge in [-0.2, -0.15) is 0 Å². The van der Waals surface area contributed by atoms with Gasteiger partial charge in [-0.15, -0.1) is 0 Å². The van der Waals surface area contributed by atoms with Crippen LogP contribution in [0, 0.1) is 0 Å². The summed E-state index contributed by atoms with van der Waals surface area (Å²) in [5.74, 6) is -0.749. The van der Waals surface area contributed by atoms with E-state index in [2.05, 4.69) is 6.07 Å². The first-order valence-corrected chi connectivity index (χ1v) is 5.90. The molecule has 1 unspecified atom stereocenters. The van der Waals surface area contributed by atoms with Crippen LogP contribution in [-0.2, 0) is 22.5 Å². The molecule has 3 rings (SSSR count). The van der Waals surface area contributed by atoms with Crippen LogP contribution >= 0.6 is 0 Å². The van der Waals surface area contributed by atoms with E-state index in [0.717, 1.165) is 0 Å². The van der Waals surface area contributed by atoms with Crippen LogP contribution in [0.5, 0.6) is 0 Å². The minimum Gasteiger partial charge on any atom is -0.394 e. The van der Waals surface area contributed by atoms with E-state index in [4.69, 9.17) is 14.6 Å². The number of aliphatic hydroxyl groups is 2. The van der Waals surface area contributed by atoms with Gasteiger partial charge in [-0.05, 0) is 11.1 Å². The summed E-state index contributed by atoms with van der Waals surface area (Å²) in [6.07, 6.45) is -0.117. The first-order valence-electron chi connectivity index (χ1n) is 5.90. The van der Waals surface area contributed by atoms with Crippen LogP contribution in [0.3, 0.4) is 0 Å². The monoisotopic (exact) mass is 236 g/mol. The Bertz CT molecular complexity index is 420. The molecule has 4 heteroatoms. The first kappa shape index (κ1) is 11.2. The molecule has 0 aliphatic carbocycles. The summed E-state index contributed by atoms with van der Waals surface area (Å²) in [4.78, 5) is 0. The highest BCUT2D eigenvalue weighted by molar-refractivity contribution is 5.29. The standard InChI is InChI=1S/C13H16O4/c14-7-12-11(15)6-13(17-12)5-9-3-1-2-4-10(9)8-16-13/h1-4,11-12,14-15H,5-8H2/t11-,12?,13+/m0/s1. The third kappa shape index (κ3) is 1.87. The van der Waals surface area contributed by atoms with Gasteiger partial charge in [-0.1, -0.05) is 24.3 Å². The Kier molecular flexibility index (Phi) is 2.67. The Balaban J connectivity index is 1.84. The smallest absolute Gasteiger partial charge is 0.175 e. The number of ether oxygens (including phenoxy) is 2. The fourth-order valence-electron chi connectivity index (χ4n) is 2.64. The molecule has 4 nitrogen and oxygen atoms in total. The van der Waals surface area contributed by atoms with E-state index in [1.165, 1.54) is 11.1 Å². The molecule has 0 radical (unpaired) electrons. The van der Waals surface area contributed by atoms with Gasteiger partial charge in [-0.3, -0.25) is 0 Å². The summed E-state index contributed by atoms with van der Waals surface area (Å²) < 4.78 is 11.4. The molecule has 1 fully saturated rings. The van der Waals surface area contributed by atoms with E-state index in [0.29, 0.717) is 19.4 Å². The van der Waals surface area contributed by atoms with Crippen molar-refractivity contribution in [2.75, 3.05) is 6.61 Å². The van der Waals surface area contributed by atoms with Gasteiger partial charge in [0, 0.05) is 12.8 Å². The fraction of sp³-hybridized carbons (Fsp3) is 0.538. The van der Waals surface area contributed by atoms with Gasteiger partial charge in [0.1, 0.15) is 6.10 Å². The predicted octanol–water partition coefficient (Wildman–Crippen LogP) is 0.598. The van der Waals surface area contributed by atoms with Crippen molar-refractivity contribution in [2.45, 2.75) is 37.4 Å². The number of hydrogen-bond donors (Lipinski definition) is 2. The lowest BCUT2D eigenvalue weighted by molar-refractivity contribution is -0.242. The normalized spacial score (nSPS) is 36.1. The molecule has 2 aliphatic rings. The van der Waals surface area contributed by atoms with Crippen LogP contribution in [0.1, 0.15) is 17.5 Å². The van der Waals surface area contributed by atoms with E-state index in [1.807, 2.05) is 18.2 Å². The number of hydrogen-bond acceptors (Lipinski definition) is 4. The molecular formula is C13H16O4. The molecule has 92 valence electrons. The average Bonchev–Trinajstić information content (AvgIpc) is 2.65. The van der Waals surface area contributed by atoms with E-state index in [9.17, 15) is 5.11 Å². The minimum atomic E-state index is -0.749. The Hall–Kier alpha value is -0.940. The third-order valence-corrected chi connectivity index (χ3v) is 3.56. The highest BCUT2D eigenvalue weighted by Crippen LogP contribution is 2.39. The van der Waals surface area contributed by atoms with Crippen LogP contribution in [-0.4, -0.2) is 34.8 Å². The molecule has 3 atom stereocenters. The van der Waals surface area contributed by atoms with Crippen LogP contribution in [0.15, 0.2) is 24.3 Å². The van der Waals surface area contributed by atoms with Crippen molar-refractivity contribution in [3.63, 3.8) is 0 Å². The van der Waals surface area contributed by atoms with Gasteiger partial charge in [0.15, 0.2) is 5.79 Å². The zero-order valence-electron chi connectivity index (χ0n) is 9.50. The molecule has 2 aliphatic heterocycles. The number of aliphatic hydroxyl groups excluding tert-OH is 2. The lowest BCUT2D eigenvalue weighted by Crippen LogP contribution is -2.39. The Morgan fingerprint density at radius 1 is 1.29 bits per heavy atom. The second kappa shape index (κ2) is 4.07. The van der Waals surface area contributed by atoms with Gasteiger partial charge in [-0.25, -0.2) is 0 Å². The van der Waals surface area contributed by atoms with Gasteiger partial charge in [0.25, 0.3) is 0 Å². The largest absolute Gasteiger partial charge is 0.394 e. The van der Waals surface area contributed by atoms with Crippen molar-refractivity contribution in [1.29, 1.82) is 0 Å². The topological polar surface area (TPSA) is 58.9 Å². The molecule has 17 heavy (non-hydrogen) atoms. The highest BCUT2D eigenvalue weighted by atomic mass is 16.7. The summed E-state index contributed by atoms with van der Waals surface area (Å²) >= 11 is 0. The number of fused-ring (bicyclic) bond motifs is 1. The van der Waals surface area contributed by atoms with Crippen molar-refractivity contribution in [3.05, 3.63) is 35.4 Å². The average molecular weight is 236 g/mol. The molecule has 1 aromatic carbocycles. The number of benzene rings is 1. The zero-order valence-corrected chi connectivity index (χ0v) is 9.50. The molecule has 1 spiro atoms. The molecule has 0 amide bonds. The SMILES string of the molecule is OCC1O[C@]2(Cc3ccccc3CO2)C[C@@H]1O. The van der Waals surface area contributed by atoms with Crippen molar-refractivity contribution >= 4 is 0 Å². The van der Waals surface area contributed by atoms with E-state index < -0.39 is 18.0 Å². The molecule has 1 saturated heterocycles. The molecule has 1 aromatic rings. The lowest BCUT2D eigenvalue weighted by atomic mass is 9.94. The van der Waals surface area contributed by atoms with Gasteiger partial charge in [0.2, 0.25) is 0 Å². The summed E-state index contributed by atoms with van der Waals surface area (Å²) in [6.45, 7) is 0.328. The summed E-state index contributed by atoms with van der Waals surface area (Å²) in [7, 11) is 0. The summed E-state index contributed by atoms with van der Waals surface area (Å²) in [5.41, 5.74) is 2.37. The maximum Gasteiger partial charge on any atom is 0.175 e. The lowest BCUT2D eigenvalue weighted by Gasteiger charge is -2.34. The van der Waals surface area contributed by atoms with E-state index >= 15 is 0 Å². The maximum absolute atomic E-state index is 9.79. The fourth-order valence-corrected chi connectivity index (χ4v) is 2.64. The minimum absolute atomic E-state index is 0.173. The maximum atomic E-state index is 9.79. The summed E-state index contributed by atoms with van der Waals surface area (Å²) in [5, 5.41) is 18.9. The van der Waals surface area contributed by atoms with Crippen LogP contribution in [0.25, 0.3) is 0 Å². The van der Waals surface area contributed by atoms with Crippen molar-refractivity contribution in [3.8, 4) is 0 Å². The van der Waals surface area contributed by atoms with Crippen molar-refractivity contribution in [1.82, 2.24) is 0 Å².